The first-order chi connectivity index (χ1) is 35.9. The summed E-state index contributed by atoms with van der Waals surface area (Å²) in [5.41, 5.74) is 0. The molecule has 0 radical (unpaired) electrons. The zero-order chi connectivity index (χ0) is 53.2. The lowest BCUT2D eigenvalue weighted by molar-refractivity contribution is -0.123. The normalized spacial score (nSPS) is 11.5. The topological polar surface area (TPSA) is 147 Å². The third-order valence-electron chi connectivity index (χ3n) is 14.4. The molecule has 0 unspecified atom stereocenters. The quantitative estimate of drug-likeness (QED) is 0.0330. The standard InChI is InChI=1S/C61H124N8O4/c1-5-9-13-17-21-25-29-33-36-40-44-64-58(70)54-62-48-50-68(56-60(72)66-46-42-38-32-28-24-20-16-12-8-4)52-53-69(57-61(73)67-47-43-39-35-31-27-23-19-15-11-7-3)51-49-63-55-59(71)65-45-41-37-34-30-26-22-18-14-10-6-2/h62-63H,5-57H2,1-4H3,(H,64,70)(H,65,71)(H,66,72)(H,67,73). The van der Waals surface area contributed by atoms with Crippen molar-refractivity contribution in [3.63, 3.8) is 0 Å². The molecule has 0 rings (SSSR count). The first-order valence-corrected chi connectivity index (χ1v) is 31.8. The summed E-state index contributed by atoms with van der Waals surface area (Å²) in [4.78, 5) is 56.3. The zero-order valence-electron chi connectivity index (χ0n) is 49.0. The minimum Gasteiger partial charge on any atom is -0.355 e. The predicted octanol–water partition coefficient (Wildman–Crippen LogP) is 12.5. The Morgan fingerprint density at radius 3 is 0.685 bits per heavy atom. The van der Waals surface area contributed by atoms with Gasteiger partial charge in [-0.25, -0.2) is 0 Å². The van der Waals surface area contributed by atoms with Crippen molar-refractivity contribution >= 4 is 23.6 Å². The number of rotatable bonds is 60. The van der Waals surface area contributed by atoms with Crippen LogP contribution in [0.3, 0.4) is 0 Å². The number of carbonyl (C=O) groups is 4. The Bertz CT molecular complexity index is 1190. The van der Waals surface area contributed by atoms with E-state index in [9.17, 15) is 19.2 Å². The molecule has 0 spiro atoms. The molecule has 0 aromatic rings. The van der Waals surface area contributed by atoms with E-state index in [0.717, 1.165) is 51.4 Å². The molecule has 0 atom stereocenters. The molecule has 4 amide bonds. The molecular formula is C61H124N8O4. The molecule has 12 nitrogen and oxygen atoms in total. The summed E-state index contributed by atoms with van der Waals surface area (Å²) in [5, 5.41) is 19.1. The molecule has 0 aliphatic carbocycles. The molecular weight excluding hydrogens is 909 g/mol. The van der Waals surface area contributed by atoms with Crippen LogP contribution in [0.2, 0.25) is 0 Å². The smallest absolute Gasteiger partial charge is 0.234 e. The van der Waals surface area contributed by atoms with Gasteiger partial charge in [-0.05, 0) is 25.7 Å². The molecule has 0 saturated carbocycles. The molecule has 0 saturated heterocycles. The average Bonchev–Trinajstić information content (AvgIpc) is 3.38. The largest absolute Gasteiger partial charge is 0.355 e. The number of amides is 4. The molecule has 0 heterocycles. The number of hydrogen-bond acceptors (Lipinski definition) is 8. The molecule has 0 fully saturated rings. The van der Waals surface area contributed by atoms with E-state index in [1.807, 2.05) is 0 Å². The third-order valence-corrected chi connectivity index (χ3v) is 14.4. The first kappa shape index (κ1) is 70.7. The summed E-state index contributed by atoms with van der Waals surface area (Å²) in [6, 6.07) is 0. The van der Waals surface area contributed by atoms with Crippen LogP contribution in [0.4, 0.5) is 0 Å². The minimum atomic E-state index is 0.0103. The SMILES string of the molecule is CCCCCCCCCCCCNC(=O)CNCCN(CCN(CCNCC(=O)NCCCCCCCCCCCC)CC(=O)NCCCCCCCCCCCC)CC(=O)NCCCCCCCCCCC. The lowest BCUT2D eigenvalue weighted by Gasteiger charge is -2.27. The van der Waals surface area contributed by atoms with E-state index in [-0.39, 0.29) is 49.8 Å². The van der Waals surface area contributed by atoms with Crippen molar-refractivity contribution < 1.29 is 19.2 Å². The second-order valence-electron chi connectivity index (χ2n) is 21.7. The Hall–Kier alpha value is -2.28. The van der Waals surface area contributed by atoms with Crippen molar-refractivity contribution in [3.05, 3.63) is 0 Å². The van der Waals surface area contributed by atoms with Crippen molar-refractivity contribution in [3.8, 4) is 0 Å². The van der Waals surface area contributed by atoms with Crippen molar-refractivity contribution in [2.24, 2.45) is 0 Å². The van der Waals surface area contributed by atoms with E-state index in [1.165, 1.54) is 199 Å². The monoisotopic (exact) mass is 1030 g/mol. The van der Waals surface area contributed by atoms with E-state index in [2.05, 4.69) is 69.4 Å². The van der Waals surface area contributed by atoms with Crippen LogP contribution in [-0.2, 0) is 19.2 Å². The third kappa shape index (κ3) is 55.8. The van der Waals surface area contributed by atoms with Crippen molar-refractivity contribution in [2.75, 3.05) is 91.6 Å². The molecule has 0 aliphatic rings. The van der Waals surface area contributed by atoms with E-state index in [0.29, 0.717) is 65.4 Å². The van der Waals surface area contributed by atoms with E-state index < -0.39 is 0 Å². The lowest BCUT2D eigenvalue weighted by atomic mass is 10.1. The highest BCUT2D eigenvalue weighted by Crippen LogP contribution is 2.13. The fraction of sp³-hybridized carbons (Fsp3) is 0.934. The van der Waals surface area contributed by atoms with Crippen LogP contribution >= 0.6 is 0 Å². The number of nitrogens with one attached hydrogen (secondary N) is 6. The van der Waals surface area contributed by atoms with E-state index in [4.69, 9.17) is 0 Å². The van der Waals surface area contributed by atoms with Gasteiger partial charge in [0.05, 0.1) is 26.2 Å². The van der Waals surface area contributed by atoms with Gasteiger partial charge < -0.3 is 31.9 Å². The Kier molecular flexibility index (Phi) is 57.1. The van der Waals surface area contributed by atoms with Gasteiger partial charge in [-0.3, -0.25) is 29.0 Å². The van der Waals surface area contributed by atoms with E-state index in [1.54, 1.807) is 0 Å². The second-order valence-corrected chi connectivity index (χ2v) is 21.7. The maximum absolute atomic E-state index is 13.3. The average molecular weight is 1030 g/mol. The number of nitrogens with zero attached hydrogens (tertiary/aromatic N) is 2. The van der Waals surface area contributed by atoms with Crippen molar-refractivity contribution in [1.29, 1.82) is 0 Å². The van der Waals surface area contributed by atoms with Crippen LogP contribution in [0, 0.1) is 0 Å². The predicted molar refractivity (Wildman–Crippen MR) is 313 cm³/mol. The van der Waals surface area contributed by atoms with Gasteiger partial charge in [-0.15, -0.1) is 0 Å². The van der Waals surface area contributed by atoms with Crippen LogP contribution in [0.15, 0.2) is 0 Å². The van der Waals surface area contributed by atoms with Crippen LogP contribution in [0.1, 0.15) is 278 Å². The molecule has 73 heavy (non-hydrogen) atoms. The zero-order valence-corrected chi connectivity index (χ0v) is 49.0. The molecule has 12 heteroatoms. The van der Waals surface area contributed by atoms with Gasteiger partial charge >= 0.3 is 0 Å². The second kappa shape index (κ2) is 59.0. The van der Waals surface area contributed by atoms with Gasteiger partial charge in [-0.1, -0.05) is 252 Å². The van der Waals surface area contributed by atoms with Gasteiger partial charge in [-0.2, -0.15) is 0 Å². The summed E-state index contributed by atoms with van der Waals surface area (Å²) in [5.74, 6) is 0.0495. The molecule has 432 valence electrons. The van der Waals surface area contributed by atoms with Gasteiger partial charge in [0.1, 0.15) is 0 Å². The maximum atomic E-state index is 13.3. The summed E-state index contributed by atoms with van der Waals surface area (Å²) in [6.45, 7) is 16.4. The highest BCUT2D eigenvalue weighted by atomic mass is 16.2. The molecule has 0 aliphatic heterocycles. The summed E-state index contributed by atoms with van der Waals surface area (Å²) in [7, 11) is 0. The van der Waals surface area contributed by atoms with Gasteiger partial charge in [0, 0.05) is 65.4 Å². The molecule has 0 aromatic heterocycles. The lowest BCUT2D eigenvalue weighted by Crippen LogP contribution is -2.47. The van der Waals surface area contributed by atoms with Crippen molar-refractivity contribution in [2.45, 2.75) is 278 Å². The van der Waals surface area contributed by atoms with Crippen LogP contribution in [0.5, 0.6) is 0 Å². The van der Waals surface area contributed by atoms with Gasteiger partial charge in [0.25, 0.3) is 0 Å². The summed E-state index contributed by atoms with van der Waals surface area (Å²) < 4.78 is 0. The fourth-order valence-corrected chi connectivity index (χ4v) is 9.53. The van der Waals surface area contributed by atoms with E-state index >= 15 is 0 Å². The highest BCUT2D eigenvalue weighted by Gasteiger charge is 2.16. The van der Waals surface area contributed by atoms with Crippen molar-refractivity contribution in [1.82, 2.24) is 41.7 Å². The Morgan fingerprint density at radius 2 is 0.452 bits per heavy atom. The fourth-order valence-electron chi connectivity index (χ4n) is 9.53. The number of unbranched alkanes of at least 4 members (excludes halogenated alkanes) is 35. The Morgan fingerprint density at radius 1 is 0.247 bits per heavy atom. The van der Waals surface area contributed by atoms with Gasteiger partial charge in [0.15, 0.2) is 0 Å². The summed E-state index contributed by atoms with van der Waals surface area (Å²) >= 11 is 0. The summed E-state index contributed by atoms with van der Waals surface area (Å²) in [6.07, 6.45) is 49.2. The van der Waals surface area contributed by atoms with Crippen LogP contribution in [0.25, 0.3) is 0 Å². The molecule has 0 aromatic carbocycles. The molecule has 6 N–H and O–H groups in total. The Balaban J connectivity index is 5.18. The number of hydrogen-bond donors (Lipinski definition) is 6. The Labute approximate surface area is 452 Å². The minimum absolute atomic E-state index is 0.0103. The first-order valence-electron chi connectivity index (χ1n) is 31.8. The highest BCUT2D eigenvalue weighted by molar-refractivity contribution is 5.79. The number of carbonyl (C=O) groups excluding carboxylic acids is 4. The molecule has 0 bridgehead atoms. The van der Waals surface area contributed by atoms with Gasteiger partial charge in [0.2, 0.25) is 23.6 Å². The maximum Gasteiger partial charge on any atom is 0.234 e. The van der Waals surface area contributed by atoms with Crippen LogP contribution < -0.4 is 31.9 Å². The van der Waals surface area contributed by atoms with Crippen LogP contribution in [-0.4, -0.2) is 125 Å².